The van der Waals surface area contributed by atoms with Gasteiger partial charge >= 0.3 is 0 Å². The Hall–Kier alpha value is -4.30. The highest BCUT2D eigenvalue weighted by Gasteiger charge is 2.46. The second kappa shape index (κ2) is 7.89. The van der Waals surface area contributed by atoms with E-state index >= 15 is 0 Å². The second-order valence-corrected chi connectivity index (χ2v) is 9.27. The van der Waals surface area contributed by atoms with Crippen LogP contribution in [0.3, 0.4) is 0 Å². The van der Waals surface area contributed by atoms with Crippen LogP contribution in [0.25, 0.3) is 21.9 Å². The zero-order chi connectivity index (χ0) is 24.2. The van der Waals surface area contributed by atoms with E-state index in [1.807, 2.05) is 24.3 Å². The van der Waals surface area contributed by atoms with E-state index in [9.17, 15) is 9.59 Å². The molecule has 0 bridgehead atoms. The highest BCUT2D eigenvalue weighted by Crippen LogP contribution is 2.57. The third-order valence-electron chi connectivity index (χ3n) is 7.38. The van der Waals surface area contributed by atoms with Crippen LogP contribution in [0, 0.1) is 0 Å². The third kappa shape index (κ3) is 3.03. The summed E-state index contributed by atoms with van der Waals surface area (Å²) >= 11 is 0. The first-order chi connectivity index (χ1) is 17.0. The van der Waals surface area contributed by atoms with Crippen LogP contribution < -0.4 is 0 Å². The molecule has 0 atom stereocenters. The van der Waals surface area contributed by atoms with Crippen molar-refractivity contribution in [3.8, 4) is 11.1 Å². The third-order valence-corrected chi connectivity index (χ3v) is 7.38. The molecule has 2 nitrogen and oxygen atoms in total. The van der Waals surface area contributed by atoms with Crippen LogP contribution >= 0.6 is 0 Å². The zero-order valence-electron chi connectivity index (χ0n) is 19.7. The van der Waals surface area contributed by atoms with Crippen LogP contribution in [-0.2, 0) is 5.41 Å². The summed E-state index contributed by atoms with van der Waals surface area (Å²) < 4.78 is 0. The van der Waals surface area contributed by atoms with Gasteiger partial charge in [0.2, 0.25) is 0 Å². The fourth-order valence-electron chi connectivity index (χ4n) is 5.75. The number of benzene rings is 5. The first-order valence-electron chi connectivity index (χ1n) is 11.9. The van der Waals surface area contributed by atoms with Crippen molar-refractivity contribution >= 4 is 22.3 Å². The molecule has 5 aromatic rings. The van der Waals surface area contributed by atoms with Gasteiger partial charge in [-0.3, -0.25) is 9.59 Å². The minimum absolute atomic E-state index is 0.0506. The molecule has 1 aliphatic rings. The maximum atomic E-state index is 12.0. The maximum absolute atomic E-state index is 12.0. The molecule has 0 spiro atoms. The lowest BCUT2D eigenvalue weighted by atomic mass is 9.67. The van der Waals surface area contributed by atoms with E-state index in [2.05, 4.69) is 84.9 Å². The summed E-state index contributed by atoms with van der Waals surface area (Å²) in [5, 5.41) is 2.43. The molecule has 35 heavy (non-hydrogen) atoms. The maximum Gasteiger partial charge on any atom is 0.159 e. The van der Waals surface area contributed by atoms with Crippen molar-refractivity contribution in [2.75, 3.05) is 0 Å². The molecule has 2 heteroatoms. The van der Waals surface area contributed by atoms with E-state index in [0.717, 1.165) is 11.1 Å². The fraction of sp³-hybridized carbons (Fsp3) is 0.0909. The number of ketones is 2. The topological polar surface area (TPSA) is 34.1 Å². The van der Waals surface area contributed by atoms with Gasteiger partial charge in [-0.25, -0.2) is 0 Å². The Labute approximate surface area is 204 Å². The molecule has 0 fully saturated rings. The van der Waals surface area contributed by atoms with Gasteiger partial charge in [-0.05, 0) is 58.0 Å². The van der Waals surface area contributed by atoms with Gasteiger partial charge in [-0.15, -0.1) is 0 Å². The van der Waals surface area contributed by atoms with Crippen molar-refractivity contribution in [1.29, 1.82) is 0 Å². The number of Topliss-reactive ketones (excluding diaryl/α,β-unsaturated/α-hetero) is 2. The van der Waals surface area contributed by atoms with Gasteiger partial charge < -0.3 is 0 Å². The van der Waals surface area contributed by atoms with E-state index in [-0.39, 0.29) is 11.6 Å². The van der Waals surface area contributed by atoms with Crippen molar-refractivity contribution in [1.82, 2.24) is 0 Å². The highest BCUT2D eigenvalue weighted by molar-refractivity contribution is 6.04. The van der Waals surface area contributed by atoms with Crippen LogP contribution in [0.2, 0.25) is 0 Å². The normalized spacial score (nSPS) is 13.3. The molecule has 5 aromatic carbocycles. The molecule has 0 radical (unpaired) electrons. The van der Waals surface area contributed by atoms with Gasteiger partial charge in [0.25, 0.3) is 0 Å². The summed E-state index contributed by atoms with van der Waals surface area (Å²) in [6.07, 6.45) is 0. The van der Waals surface area contributed by atoms with E-state index in [4.69, 9.17) is 0 Å². The lowest BCUT2D eigenvalue weighted by molar-refractivity contribution is 0.100. The molecular formula is C33H24O2. The molecule has 0 heterocycles. The summed E-state index contributed by atoms with van der Waals surface area (Å²) in [4.78, 5) is 24.1. The lowest BCUT2D eigenvalue weighted by Gasteiger charge is -2.34. The van der Waals surface area contributed by atoms with Crippen molar-refractivity contribution in [3.05, 3.63) is 143 Å². The molecule has 0 N–H and O–H groups in total. The second-order valence-electron chi connectivity index (χ2n) is 9.27. The SMILES string of the molecule is CC(=O)c1ccc(C2(c3ccc(C(C)=O)cc3)c3ccccc3-c3c2ccc2ccccc32)cc1. The first kappa shape index (κ1) is 21.2. The highest BCUT2D eigenvalue weighted by atomic mass is 16.1. The van der Waals surface area contributed by atoms with Crippen LogP contribution in [0.1, 0.15) is 56.8 Å². The minimum Gasteiger partial charge on any atom is -0.295 e. The molecule has 0 aliphatic heterocycles. The largest absolute Gasteiger partial charge is 0.295 e. The van der Waals surface area contributed by atoms with Crippen LogP contribution in [0.5, 0.6) is 0 Å². The Morgan fingerprint density at radius 2 is 1.09 bits per heavy atom. The average Bonchev–Trinajstić information content (AvgIpc) is 3.20. The number of carbonyl (C=O) groups excluding carboxylic acids is 2. The number of hydrogen-bond acceptors (Lipinski definition) is 2. The van der Waals surface area contributed by atoms with Gasteiger partial charge in [0.1, 0.15) is 0 Å². The van der Waals surface area contributed by atoms with Gasteiger partial charge in [0.05, 0.1) is 5.41 Å². The van der Waals surface area contributed by atoms with Crippen molar-refractivity contribution in [3.63, 3.8) is 0 Å². The van der Waals surface area contributed by atoms with Crippen molar-refractivity contribution < 1.29 is 9.59 Å². The smallest absolute Gasteiger partial charge is 0.159 e. The van der Waals surface area contributed by atoms with Crippen LogP contribution in [-0.4, -0.2) is 11.6 Å². The number of fused-ring (bicyclic) bond motifs is 5. The van der Waals surface area contributed by atoms with Crippen molar-refractivity contribution in [2.45, 2.75) is 19.3 Å². The summed E-state index contributed by atoms with van der Waals surface area (Å²) in [7, 11) is 0. The minimum atomic E-state index is -0.569. The summed E-state index contributed by atoms with van der Waals surface area (Å²) in [6, 6.07) is 37.6. The van der Waals surface area contributed by atoms with Gasteiger partial charge in [0, 0.05) is 11.1 Å². The van der Waals surface area contributed by atoms with Crippen molar-refractivity contribution in [2.24, 2.45) is 0 Å². The van der Waals surface area contributed by atoms with Gasteiger partial charge in [0.15, 0.2) is 11.6 Å². The Morgan fingerprint density at radius 3 is 1.69 bits per heavy atom. The molecule has 168 valence electrons. The summed E-state index contributed by atoms with van der Waals surface area (Å²) in [5.74, 6) is 0.101. The predicted octanol–water partition coefficient (Wildman–Crippen LogP) is 7.61. The number of rotatable bonds is 4. The molecule has 0 saturated heterocycles. The molecular weight excluding hydrogens is 428 g/mol. The van der Waals surface area contributed by atoms with E-state index in [1.54, 1.807) is 13.8 Å². The molecule has 1 aliphatic carbocycles. The quantitative estimate of drug-likeness (QED) is 0.258. The van der Waals surface area contributed by atoms with Crippen LogP contribution in [0.15, 0.2) is 109 Å². The standard InChI is InChI=1S/C33H24O2/c1-21(34)23-11-16-26(17-12-23)33(27-18-13-24(14-19-27)22(2)35)30-10-6-5-9-29(30)32-28-8-4-3-7-25(28)15-20-31(32)33/h3-20H,1-2H3. The fourth-order valence-corrected chi connectivity index (χ4v) is 5.75. The Bertz CT molecular complexity index is 1570. The Morgan fingerprint density at radius 1 is 0.543 bits per heavy atom. The number of carbonyl (C=O) groups is 2. The predicted molar refractivity (Wildman–Crippen MR) is 141 cm³/mol. The number of hydrogen-bond donors (Lipinski definition) is 0. The van der Waals surface area contributed by atoms with Gasteiger partial charge in [-0.1, -0.05) is 109 Å². The van der Waals surface area contributed by atoms with E-state index in [0.29, 0.717) is 11.1 Å². The first-order valence-corrected chi connectivity index (χ1v) is 11.9. The summed E-state index contributed by atoms with van der Waals surface area (Å²) in [5.41, 5.74) is 7.89. The lowest BCUT2D eigenvalue weighted by Crippen LogP contribution is -2.28. The average molecular weight is 453 g/mol. The summed E-state index contributed by atoms with van der Waals surface area (Å²) in [6.45, 7) is 3.19. The molecule has 0 amide bonds. The Kier molecular flexibility index (Phi) is 4.79. The Balaban J connectivity index is 1.75. The zero-order valence-corrected chi connectivity index (χ0v) is 19.7. The van der Waals surface area contributed by atoms with Gasteiger partial charge in [-0.2, -0.15) is 0 Å². The van der Waals surface area contributed by atoms with E-state index in [1.165, 1.54) is 33.0 Å². The molecule has 0 saturated carbocycles. The molecule has 6 rings (SSSR count). The molecule has 0 aromatic heterocycles. The van der Waals surface area contributed by atoms with E-state index < -0.39 is 5.41 Å². The monoisotopic (exact) mass is 452 g/mol. The van der Waals surface area contributed by atoms with Crippen LogP contribution in [0.4, 0.5) is 0 Å². The molecule has 0 unspecified atom stereocenters.